The molecular weight excluding hydrogens is 366 g/mol. The van der Waals surface area contributed by atoms with Crippen LogP contribution in [0.5, 0.6) is 0 Å². The van der Waals surface area contributed by atoms with Gasteiger partial charge in [0.05, 0.1) is 16.3 Å². The van der Waals surface area contributed by atoms with Crippen LogP contribution in [0.3, 0.4) is 0 Å². The lowest BCUT2D eigenvalue weighted by molar-refractivity contribution is 0.520. The van der Waals surface area contributed by atoms with E-state index in [-0.39, 0.29) is 0 Å². The van der Waals surface area contributed by atoms with Crippen LogP contribution in [0.1, 0.15) is 5.56 Å². The largest absolute Gasteiger partial charge is 0.320 e. The maximum atomic E-state index is 12.5. The van der Waals surface area contributed by atoms with Gasteiger partial charge < -0.3 is 4.57 Å². The Morgan fingerprint density at radius 2 is 1.77 bits per heavy atom. The Hall–Kier alpha value is -2.22. The summed E-state index contributed by atoms with van der Waals surface area (Å²) in [6, 6.07) is 15.2. The highest BCUT2D eigenvalue weighted by molar-refractivity contribution is 7.89. The van der Waals surface area contributed by atoms with Crippen LogP contribution < -0.4 is 4.80 Å². The molecular formula is C19H21N3O2S2. The van der Waals surface area contributed by atoms with E-state index in [0.717, 1.165) is 27.3 Å². The molecule has 1 heterocycles. The van der Waals surface area contributed by atoms with Gasteiger partial charge in [-0.05, 0) is 42.8 Å². The molecule has 3 aromatic rings. The van der Waals surface area contributed by atoms with Gasteiger partial charge in [0, 0.05) is 32.1 Å². The Bertz CT molecular complexity index is 1100. The third-order valence-electron chi connectivity index (χ3n) is 4.03. The van der Waals surface area contributed by atoms with E-state index in [4.69, 9.17) is 0 Å². The van der Waals surface area contributed by atoms with Crippen molar-refractivity contribution in [2.45, 2.75) is 11.8 Å². The van der Waals surface area contributed by atoms with Crippen LogP contribution >= 0.6 is 11.3 Å². The van der Waals surface area contributed by atoms with Crippen molar-refractivity contribution < 1.29 is 8.42 Å². The van der Waals surface area contributed by atoms with Gasteiger partial charge in [-0.1, -0.05) is 18.2 Å². The molecule has 0 fully saturated rings. The maximum absolute atomic E-state index is 12.5. The first-order valence-corrected chi connectivity index (χ1v) is 10.4. The fourth-order valence-electron chi connectivity index (χ4n) is 2.60. The van der Waals surface area contributed by atoms with E-state index in [9.17, 15) is 8.42 Å². The number of sulfonamides is 1. The number of rotatable bonds is 4. The van der Waals surface area contributed by atoms with Gasteiger partial charge in [0.1, 0.15) is 0 Å². The second kappa shape index (κ2) is 7.19. The molecule has 0 aliphatic heterocycles. The first-order valence-electron chi connectivity index (χ1n) is 8.08. The Balaban J connectivity index is 2.12. The van der Waals surface area contributed by atoms with Gasteiger partial charge >= 0.3 is 0 Å². The average Bonchev–Trinajstić information content (AvgIpc) is 2.96. The van der Waals surface area contributed by atoms with E-state index in [0.29, 0.717) is 4.90 Å². The molecule has 0 bridgehead atoms. The summed E-state index contributed by atoms with van der Waals surface area (Å²) in [6.07, 6.45) is 0. The summed E-state index contributed by atoms with van der Waals surface area (Å²) in [6.45, 7) is 1.90. The third-order valence-corrected chi connectivity index (χ3v) is 6.74. The monoisotopic (exact) mass is 387 g/mol. The fourth-order valence-corrected chi connectivity index (χ4v) is 4.56. The standard InChI is InChI=1S/C19H21N3O2S2/c1-14-10-15(12-17(11-14)26(23,24)21(2)3)18-13-25-19(22(18)4)20-16-8-6-5-7-9-16/h5-13H,1-4H3/b20-19+. The molecule has 0 spiro atoms. The fraction of sp³-hybridized carbons (Fsp3) is 0.211. The zero-order chi connectivity index (χ0) is 18.9. The lowest BCUT2D eigenvalue weighted by Crippen LogP contribution is -2.22. The lowest BCUT2D eigenvalue weighted by atomic mass is 10.1. The van der Waals surface area contributed by atoms with Crippen LogP contribution in [0.25, 0.3) is 11.3 Å². The van der Waals surface area contributed by atoms with Crippen molar-refractivity contribution in [1.29, 1.82) is 0 Å². The van der Waals surface area contributed by atoms with Gasteiger partial charge in [-0.2, -0.15) is 0 Å². The molecule has 7 heteroatoms. The normalized spacial score (nSPS) is 12.7. The molecule has 1 aromatic heterocycles. The molecule has 0 aliphatic carbocycles. The lowest BCUT2D eigenvalue weighted by Gasteiger charge is -2.13. The second-order valence-corrected chi connectivity index (χ2v) is 9.22. The van der Waals surface area contributed by atoms with E-state index >= 15 is 0 Å². The summed E-state index contributed by atoms with van der Waals surface area (Å²) < 4.78 is 28.2. The molecule has 0 N–H and O–H groups in total. The Kier molecular flexibility index (Phi) is 5.13. The molecule has 0 radical (unpaired) electrons. The molecule has 0 aliphatic rings. The van der Waals surface area contributed by atoms with Crippen molar-refractivity contribution in [3.05, 3.63) is 64.3 Å². The van der Waals surface area contributed by atoms with Crippen molar-refractivity contribution in [3.8, 4) is 11.3 Å². The number of thiazole rings is 1. The molecule has 0 atom stereocenters. The van der Waals surface area contributed by atoms with Crippen LogP contribution in [-0.2, 0) is 17.1 Å². The van der Waals surface area contributed by atoms with Gasteiger partial charge in [-0.25, -0.2) is 17.7 Å². The second-order valence-electron chi connectivity index (χ2n) is 6.23. The zero-order valence-corrected chi connectivity index (χ0v) is 16.8. The Morgan fingerprint density at radius 3 is 2.42 bits per heavy atom. The van der Waals surface area contributed by atoms with Crippen molar-refractivity contribution in [3.63, 3.8) is 0 Å². The molecule has 0 amide bonds. The predicted octanol–water partition coefficient (Wildman–Crippen LogP) is 3.54. The molecule has 3 rings (SSSR count). The summed E-state index contributed by atoms with van der Waals surface area (Å²) in [5, 5.41) is 2.00. The van der Waals surface area contributed by atoms with Gasteiger partial charge in [0.25, 0.3) is 0 Å². The number of benzene rings is 2. The van der Waals surface area contributed by atoms with Crippen molar-refractivity contribution in [2.75, 3.05) is 14.1 Å². The quantitative estimate of drug-likeness (QED) is 0.687. The zero-order valence-electron chi connectivity index (χ0n) is 15.2. The average molecular weight is 388 g/mol. The van der Waals surface area contributed by atoms with Gasteiger partial charge in [0.15, 0.2) is 4.80 Å². The SMILES string of the molecule is Cc1cc(-c2cs/c(=N/c3ccccc3)n2C)cc(S(=O)(=O)N(C)C)c1. The van der Waals surface area contributed by atoms with E-state index in [1.54, 1.807) is 26.2 Å². The number of hydrogen-bond acceptors (Lipinski definition) is 4. The minimum Gasteiger partial charge on any atom is -0.320 e. The summed E-state index contributed by atoms with van der Waals surface area (Å²) in [5.41, 5.74) is 3.58. The van der Waals surface area contributed by atoms with Crippen LogP contribution in [0, 0.1) is 6.92 Å². The van der Waals surface area contributed by atoms with E-state index < -0.39 is 10.0 Å². The summed E-state index contributed by atoms with van der Waals surface area (Å²) >= 11 is 1.53. The van der Waals surface area contributed by atoms with E-state index in [1.165, 1.54) is 15.6 Å². The summed E-state index contributed by atoms with van der Waals surface area (Å²) in [4.78, 5) is 5.81. The van der Waals surface area contributed by atoms with Crippen LogP contribution in [0.2, 0.25) is 0 Å². The third kappa shape index (κ3) is 3.65. The highest BCUT2D eigenvalue weighted by atomic mass is 32.2. The minimum atomic E-state index is -3.48. The number of para-hydroxylation sites is 1. The minimum absolute atomic E-state index is 0.297. The molecule has 5 nitrogen and oxygen atoms in total. The molecule has 26 heavy (non-hydrogen) atoms. The van der Waals surface area contributed by atoms with Gasteiger partial charge in [0.2, 0.25) is 10.0 Å². The van der Waals surface area contributed by atoms with Crippen molar-refractivity contribution in [2.24, 2.45) is 12.0 Å². The smallest absolute Gasteiger partial charge is 0.242 e. The number of nitrogens with zero attached hydrogens (tertiary/aromatic N) is 3. The van der Waals surface area contributed by atoms with Crippen molar-refractivity contribution in [1.82, 2.24) is 8.87 Å². The molecule has 0 saturated carbocycles. The molecule has 136 valence electrons. The van der Waals surface area contributed by atoms with Crippen LogP contribution in [0.4, 0.5) is 5.69 Å². The Morgan fingerprint density at radius 1 is 1.08 bits per heavy atom. The predicted molar refractivity (Wildman–Crippen MR) is 106 cm³/mol. The van der Waals surface area contributed by atoms with E-state index in [2.05, 4.69) is 4.99 Å². The van der Waals surface area contributed by atoms with Gasteiger partial charge in [-0.3, -0.25) is 0 Å². The highest BCUT2D eigenvalue weighted by Crippen LogP contribution is 2.26. The first-order chi connectivity index (χ1) is 12.3. The summed E-state index contributed by atoms with van der Waals surface area (Å²) in [5.74, 6) is 0. The van der Waals surface area contributed by atoms with Crippen molar-refractivity contribution >= 4 is 27.0 Å². The maximum Gasteiger partial charge on any atom is 0.242 e. The molecule has 0 unspecified atom stereocenters. The van der Waals surface area contributed by atoms with Crippen LogP contribution in [-0.4, -0.2) is 31.4 Å². The van der Waals surface area contributed by atoms with E-state index in [1.807, 2.05) is 60.3 Å². The number of aromatic nitrogens is 1. The Labute approximate surface area is 157 Å². The van der Waals surface area contributed by atoms with Gasteiger partial charge in [-0.15, -0.1) is 11.3 Å². The molecule has 0 saturated heterocycles. The molecule has 2 aromatic carbocycles. The number of hydrogen-bond donors (Lipinski definition) is 0. The number of aryl methyl sites for hydroxylation is 1. The van der Waals surface area contributed by atoms with Crippen LogP contribution in [0.15, 0.2) is 63.8 Å². The topological polar surface area (TPSA) is 54.7 Å². The summed E-state index contributed by atoms with van der Waals surface area (Å²) in [7, 11) is 1.54. The first kappa shape index (κ1) is 18.6. The highest BCUT2D eigenvalue weighted by Gasteiger charge is 2.19.